The number of rotatable bonds is 6. The molecule has 0 radical (unpaired) electrons. The number of hydrogen-bond acceptors (Lipinski definition) is 5. The molecule has 90 valence electrons. The van der Waals surface area contributed by atoms with Crippen LogP contribution in [0.1, 0.15) is 26.2 Å². The van der Waals surface area contributed by atoms with E-state index in [1.54, 1.807) is 29.9 Å². The van der Waals surface area contributed by atoms with Gasteiger partial charge in [-0.2, -0.15) is 0 Å². The first kappa shape index (κ1) is 12.0. The Bertz CT molecular complexity index is 441. The van der Waals surface area contributed by atoms with Gasteiger partial charge in [-0.3, -0.25) is 9.97 Å². The van der Waals surface area contributed by atoms with Crippen LogP contribution in [0.2, 0.25) is 0 Å². The maximum Gasteiger partial charge on any atom is 0.183 e. The van der Waals surface area contributed by atoms with Crippen molar-refractivity contribution >= 4 is 16.5 Å². The second-order valence-electron chi connectivity index (χ2n) is 3.76. The van der Waals surface area contributed by atoms with Crippen LogP contribution >= 0.6 is 11.3 Å². The van der Waals surface area contributed by atoms with Crippen molar-refractivity contribution in [2.45, 2.75) is 26.2 Å². The lowest BCUT2D eigenvalue weighted by molar-refractivity contribution is 0.743. The van der Waals surface area contributed by atoms with Crippen LogP contribution < -0.4 is 5.32 Å². The molecular weight excluding hydrogens is 232 g/mol. The van der Waals surface area contributed by atoms with Crippen LogP contribution in [0.4, 0.5) is 5.13 Å². The summed E-state index contributed by atoms with van der Waals surface area (Å²) in [6.07, 6.45) is 8.77. The molecule has 0 amide bonds. The number of nitrogens with one attached hydrogen (secondary N) is 1. The Morgan fingerprint density at radius 3 is 2.94 bits per heavy atom. The van der Waals surface area contributed by atoms with E-state index in [9.17, 15) is 0 Å². The molecule has 0 aromatic carbocycles. The highest BCUT2D eigenvalue weighted by atomic mass is 32.1. The molecule has 0 bridgehead atoms. The van der Waals surface area contributed by atoms with Gasteiger partial charge >= 0.3 is 0 Å². The third-order valence-electron chi connectivity index (χ3n) is 2.39. The van der Waals surface area contributed by atoms with Gasteiger partial charge in [-0.15, -0.1) is 11.3 Å². The minimum atomic E-state index is 0.824. The fourth-order valence-corrected chi connectivity index (χ4v) is 2.21. The van der Waals surface area contributed by atoms with Crippen molar-refractivity contribution in [2.75, 3.05) is 11.9 Å². The van der Waals surface area contributed by atoms with Gasteiger partial charge in [-0.25, -0.2) is 4.98 Å². The van der Waals surface area contributed by atoms with Gasteiger partial charge in [0, 0.05) is 24.3 Å². The Labute approximate surface area is 105 Å². The van der Waals surface area contributed by atoms with E-state index in [4.69, 9.17) is 0 Å². The average molecular weight is 248 g/mol. The van der Waals surface area contributed by atoms with E-state index in [0.717, 1.165) is 23.1 Å². The molecule has 0 unspecified atom stereocenters. The smallest absolute Gasteiger partial charge is 0.183 e. The minimum Gasteiger partial charge on any atom is -0.362 e. The zero-order chi connectivity index (χ0) is 11.9. The van der Waals surface area contributed by atoms with Crippen LogP contribution in [-0.4, -0.2) is 21.5 Å². The molecule has 0 spiro atoms. The molecule has 5 heteroatoms. The number of anilines is 1. The molecule has 17 heavy (non-hydrogen) atoms. The Balaban J connectivity index is 1.92. The van der Waals surface area contributed by atoms with Gasteiger partial charge in [0.1, 0.15) is 11.4 Å². The SMILES string of the molecule is CCCCCNc1nc(-c2cnccn2)cs1. The third kappa shape index (κ3) is 3.49. The molecule has 4 nitrogen and oxygen atoms in total. The summed E-state index contributed by atoms with van der Waals surface area (Å²) in [5.41, 5.74) is 1.71. The molecule has 0 aliphatic carbocycles. The van der Waals surface area contributed by atoms with Crippen LogP contribution in [-0.2, 0) is 0 Å². The Hall–Kier alpha value is -1.49. The van der Waals surface area contributed by atoms with Gasteiger partial charge in [0.05, 0.1) is 6.20 Å². The van der Waals surface area contributed by atoms with E-state index in [1.165, 1.54) is 19.3 Å². The molecule has 0 saturated carbocycles. The van der Waals surface area contributed by atoms with Crippen LogP contribution in [0.25, 0.3) is 11.4 Å². The van der Waals surface area contributed by atoms with Crippen molar-refractivity contribution in [1.82, 2.24) is 15.0 Å². The van der Waals surface area contributed by atoms with Crippen LogP contribution in [0.3, 0.4) is 0 Å². The summed E-state index contributed by atoms with van der Waals surface area (Å²) in [6.45, 7) is 3.19. The number of hydrogen-bond donors (Lipinski definition) is 1. The predicted molar refractivity (Wildman–Crippen MR) is 71.2 cm³/mol. The molecule has 0 aliphatic heterocycles. The molecule has 2 aromatic rings. The van der Waals surface area contributed by atoms with Gasteiger partial charge in [0.15, 0.2) is 5.13 Å². The van der Waals surface area contributed by atoms with Gasteiger partial charge < -0.3 is 5.32 Å². The van der Waals surface area contributed by atoms with Crippen LogP contribution in [0.5, 0.6) is 0 Å². The molecule has 2 rings (SSSR count). The van der Waals surface area contributed by atoms with E-state index in [2.05, 4.69) is 27.2 Å². The number of nitrogens with zero attached hydrogens (tertiary/aromatic N) is 3. The van der Waals surface area contributed by atoms with Gasteiger partial charge in [0.2, 0.25) is 0 Å². The van der Waals surface area contributed by atoms with E-state index >= 15 is 0 Å². The summed E-state index contributed by atoms with van der Waals surface area (Å²) in [6, 6.07) is 0. The lowest BCUT2D eigenvalue weighted by Gasteiger charge is -2.00. The van der Waals surface area contributed by atoms with Crippen molar-refractivity contribution in [2.24, 2.45) is 0 Å². The summed E-state index contributed by atoms with van der Waals surface area (Å²) >= 11 is 1.61. The summed E-state index contributed by atoms with van der Waals surface area (Å²) in [5, 5.41) is 6.29. The first-order valence-corrected chi connectivity index (χ1v) is 6.74. The van der Waals surface area contributed by atoms with Gasteiger partial charge in [0.25, 0.3) is 0 Å². The summed E-state index contributed by atoms with van der Waals surface area (Å²) < 4.78 is 0. The fraction of sp³-hybridized carbons (Fsp3) is 0.417. The quantitative estimate of drug-likeness (QED) is 0.798. The number of thiazole rings is 1. The monoisotopic (exact) mass is 248 g/mol. The first-order valence-electron chi connectivity index (χ1n) is 5.86. The lowest BCUT2D eigenvalue weighted by Crippen LogP contribution is -2.00. The standard InChI is InChI=1S/C12H16N4S/c1-2-3-4-5-15-12-16-11(9-17-12)10-8-13-6-7-14-10/h6-9H,2-5H2,1H3,(H,15,16). The van der Waals surface area contributed by atoms with Gasteiger partial charge in [-0.1, -0.05) is 19.8 Å². The zero-order valence-corrected chi connectivity index (χ0v) is 10.7. The van der Waals surface area contributed by atoms with Crippen molar-refractivity contribution in [1.29, 1.82) is 0 Å². The van der Waals surface area contributed by atoms with Crippen LogP contribution in [0.15, 0.2) is 24.0 Å². The van der Waals surface area contributed by atoms with Crippen molar-refractivity contribution < 1.29 is 0 Å². The number of unbranched alkanes of at least 4 members (excludes halogenated alkanes) is 2. The first-order chi connectivity index (χ1) is 8.40. The lowest BCUT2D eigenvalue weighted by atomic mass is 10.2. The molecule has 2 aromatic heterocycles. The predicted octanol–water partition coefficient (Wildman–Crippen LogP) is 3.20. The normalized spacial score (nSPS) is 10.4. The average Bonchev–Trinajstić information content (AvgIpc) is 2.85. The van der Waals surface area contributed by atoms with Crippen molar-refractivity contribution in [3.63, 3.8) is 0 Å². The Morgan fingerprint density at radius 1 is 1.24 bits per heavy atom. The molecule has 2 heterocycles. The van der Waals surface area contributed by atoms with E-state index in [0.29, 0.717) is 0 Å². The van der Waals surface area contributed by atoms with Crippen LogP contribution in [0, 0.1) is 0 Å². The highest BCUT2D eigenvalue weighted by Crippen LogP contribution is 2.22. The summed E-state index contributed by atoms with van der Waals surface area (Å²) in [7, 11) is 0. The highest BCUT2D eigenvalue weighted by Gasteiger charge is 2.04. The molecule has 0 atom stereocenters. The summed E-state index contributed by atoms with van der Waals surface area (Å²) in [4.78, 5) is 12.7. The van der Waals surface area contributed by atoms with E-state index in [-0.39, 0.29) is 0 Å². The molecular formula is C12H16N4S. The zero-order valence-electron chi connectivity index (χ0n) is 9.89. The molecule has 0 fully saturated rings. The van der Waals surface area contributed by atoms with E-state index < -0.39 is 0 Å². The highest BCUT2D eigenvalue weighted by molar-refractivity contribution is 7.14. The second-order valence-corrected chi connectivity index (χ2v) is 4.62. The maximum absolute atomic E-state index is 4.48. The fourth-order valence-electron chi connectivity index (χ4n) is 1.47. The Morgan fingerprint density at radius 2 is 2.18 bits per heavy atom. The maximum atomic E-state index is 4.48. The van der Waals surface area contributed by atoms with Crippen molar-refractivity contribution in [3.8, 4) is 11.4 Å². The van der Waals surface area contributed by atoms with E-state index in [1.807, 2.05) is 5.38 Å². The molecule has 0 aliphatic rings. The third-order valence-corrected chi connectivity index (χ3v) is 3.19. The second kappa shape index (κ2) is 6.30. The summed E-state index contributed by atoms with van der Waals surface area (Å²) in [5.74, 6) is 0. The molecule has 0 saturated heterocycles. The Kier molecular flexibility index (Phi) is 4.44. The topological polar surface area (TPSA) is 50.7 Å². The molecule has 1 N–H and O–H groups in total. The minimum absolute atomic E-state index is 0.824. The van der Waals surface area contributed by atoms with Crippen molar-refractivity contribution in [3.05, 3.63) is 24.0 Å². The van der Waals surface area contributed by atoms with Gasteiger partial charge in [-0.05, 0) is 6.42 Å². The largest absolute Gasteiger partial charge is 0.362 e. The number of aromatic nitrogens is 3.